The molecule has 0 heterocycles. The quantitative estimate of drug-likeness (QED) is 0.0232. The number of carbonyl (C=O) groups excluding carboxylic acids is 1. The summed E-state index contributed by atoms with van der Waals surface area (Å²) in [6.07, 6.45) is 62.5. The molecule has 0 aliphatic carbocycles. The average molecular weight is 984 g/mol. The Bertz CT molecular complexity index is 1180. The Balaban J connectivity index is 4.04. The first-order valence-corrected chi connectivity index (χ1v) is 30.4. The SMILES string of the molecule is CCCCCCC/C=C\C/C=C\CCCCCCCCCCCCCC(=O)OC(COCCCCCCCCCCCCCCCCCCCCCCCCC)COP(=O)(O)OCC(N)C(=O)O. The van der Waals surface area contributed by atoms with Crippen molar-refractivity contribution in [1.82, 2.24) is 0 Å². The van der Waals surface area contributed by atoms with E-state index in [1.54, 1.807) is 0 Å². The maximum Gasteiger partial charge on any atom is 0.472 e. The molecule has 3 unspecified atom stereocenters. The average Bonchev–Trinajstić information content (AvgIpc) is 3.32. The van der Waals surface area contributed by atoms with Crippen LogP contribution in [-0.2, 0) is 32.7 Å². The first kappa shape index (κ1) is 66.5. The molecule has 68 heavy (non-hydrogen) atoms. The Kier molecular flexibility index (Phi) is 52.0. The largest absolute Gasteiger partial charge is 0.480 e. The number of carbonyl (C=O) groups is 2. The lowest BCUT2D eigenvalue weighted by molar-refractivity contribution is -0.154. The zero-order valence-corrected chi connectivity index (χ0v) is 45.4. The molecule has 0 radical (unpaired) electrons. The highest BCUT2D eigenvalue weighted by molar-refractivity contribution is 7.47. The Labute approximate surface area is 419 Å². The highest BCUT2D eigenvalue weighted by atomic mass is 31.2. The van der Waals surface area contributed by atoms with Crippen molar-refractivity contribution in [3.8, 4) is 0 Å². The number of unbranched alkanes of at least 4 members (excludes halogenated alkanes) is 38. The number of nitrogens with two attached hydrogens (primary N) is 1. The van der Waals surface area contributed by atoms with Crippen LogP contribution in [0, 0.1) is 0 Å². The zero-order valence-electron chi connectivity index (χ0n) is 44.5. The van der Waals surface area contributed by atoms with Gasteiger partial charge in [0.2, 0.25) is 0 Å². The van der Waals surface area contributed by atoms with Crippen LogP contribution in [0.5, 0.6) is 0 Å². The van der Waals surface area contributed by atoms with E-state index in [0.717, 1.165) is 44.9 Å². The molecule has 0 rings (SSSR count). The summed E-state index contributed by atoms with van der Waals surface area (Å²) in [5.41, 5.74) is 5.39. The normalized spacial score (nSPS) is 13.7. The molecule has 402 valence electrons. The molecule has 0 saturated carbocycles. The summed E-state index contributed by atoms with van der Waals surface area (Å²) in [7, 11) is -4.62. The maximum atomic E-state index is 12.7. The predicted molar refractivity (Wildman–Crippen MR) is 286 cm³/mol. The van der Waals surface area contributed by atoms with Gasteiger partial charge in [0.25, 0.3) is 0 Å². The van der Waals surface area contributed by atoms with Crippen molar-refractivity contribution in [2.45, 2.75) is 302 Å². The third-order valence-corrected chi connectivity index (χ3v) is 13.9. The predicted octanol–water partition coefficient (Wildman–Crippen LogP) is 17.4. The summed E-state index contributed by atoms with van der Waals surface area (Å²) in [6, 6.07) is -1.47. The first-order valence-electron chi connectivity index (χ1n) is 28.9. The number of carboxylic acid groups (broad SMARTS) is 1. The summed E-state index contributed by atoms with van der Waals surface area (Å²) in [5, 5.41) is 8.95. The number of hydrogen-bond donors (Lipinski definition) is 3. The molecule has 0 aliphatic rings. The Morgan fingerprint density at radius 3 is 1.19 bits per heavy atom. The molecule has 0 aliphatic heterocycles. The minimum absolute atomic E-state index is 0.0218. The van der Waals surface area contributed by atoms with E-state index in [1.807, 2.05) is 0 Å². The summed E-state index contributed by atoms with van der Waals surface area (Å²) >= 11 is 0. The van der Waals surface area contributed by atoms with Gasteiger partial charge in [0, 0.05) is 13.0 Å². The molecule has 0 aromatic heterocycles. The molecule has 0 aromatic rings. The summed E-state index contributed by atoms with van der Waals surface area (Å²) in [6.45, 7) is 3.94. The minimum Gasteiger partial charge on any atom is -0.480 e. The zero-order chi connectivity index (χ0) is 49.7. The van der Waals surface area contributed by atoms with Gasteiger partial charge in [-0.05, 0) is 44.9 Å². The molecule has 3 atom stereocenters. The highest BCUT2D eigenvalue weighted by Gasteiger charge is 2.27. The molecular weight excluding hydrogens is 874 g/mol. The van der Waals surface area contributed by atoms with Crippen LogP contribution in [0.4, 0.5) is 0 Å². The van der Waals surface area contributed by atoms with Crippen LogP contribution in [0.15, 0.2) is 24.3 Å². The van der Waals surface area contributed by atoms with Crippen molar-refractivity contribution in [3.63, 3.8) is 0 Å². The van der Waals surface area contributed by atoms with Crippen molar-refractivity contribution in [1.29, 1.82) is 0 Å². The first-order chi connectivity index (χ1) is 33.2. The summed E-state index contributed by atoms with van der Waals surface area (Å²) in [5.74, 6) is -1.77. The number of phosphoric acid groups is 1. The van der Waals surface area contributed by atoms with Gasteiger partial charge in [-0.15, -0.1) is 0 Å². The van der Waals surface area contributed by atoms with E-state index >= 15 is 0 Å². The van der Waals surface area contributed by atoms with Crippen molar-refractivity contribution in [2.75, 3.05) is 26.4 Å². The molecule has 0 amide bonds. The third-order valence-electron chi connectivity index (χ3n) is 13.0. The molecule has 0 bridgehead atoms. The topological polar surface area (TPSA) is 155 Å². The Morgan fingerprint density at radius 1 is 0.471 bits per heavy atom. The number of aliphatic carboxylic acids is 1. The molecule has 0 fully saturated rings. The Morgan fingerprint density at radius 2 is 0.809 bits per heavy atom. The van der Waals surface area contributed by atoms with Crippen LogP contribution in [0.2, 0.25) is 0 Å². The van der Waals surface area contributed by atoms with Gasteiger partial charge in [0.1, 0.15) is 12.1 Å². The number of hydrogen-bond acceptors (Lipinski definition) is 8. The number of phosphoric ester groups is 1. The van der Waals surface area contributed by atoms with Gasteiger partial charge >= 0.3 is 19.8 Å². The maximum absolute atomic E-state index is 12.7. The van der Waals surface area contributed by atoms with Gasteiger partial charge in [-0.25, -0.2) is 4.57 Å². The number of carboxylic acids is 1. The van der Waals surface area contributed by atoms with Crippen molar-refractivity contribution in [2.24, 2.45) is 5.73 Å². The van der Waals surface area contributed by atoms with Crippen molar-refractivity contribution < 1.29 is 42.7 Å². The van der Waals surface area contributed by atoms with E-state index in [9.17, 15) is 19.0 Å². The third kappa shape index (κ3) is 52.3. The van der Waals surface area contributed by atoms with E-state index in [4.69, 9.17) is 29.4 Å². The van der Waals surface area contributed by atoms with Gasteiger partial charge < -0.3 is 25.2 Å². The smallest absolute Gasteiger partial charge is 0.472 e. The highest BCUT2D eigenvalue weighted by Crippen LogP contribution is 2.43. The lowest BCUT2D eigenvalue weighted by atomic mass is 10.0. The second kappa shape index (κ2) is 53.3. The van der Waals surface area contributed by atoms with Crippen LogP contribution < -0.4 is 5.73 Å². The van der Waals surface area contributed by atoms with Crippen LogP contribution in [-0.4, -0.2) is 60.5 Å². The summed E-state index contributed by atoms with van der Waals surface area (Å²) in [4.78, 5) is 33.8. The molecule has 4 N–H and O–H groups in total. The molecule has 0 aromatic carbocycles. The second-order valence-corrected chi connectivity index (χ2v) is 21.2. The number of allylic oxidation sites excluding steroid dienone is 4. The lowest BCUT2D eigenvalue weighted by Crippen LogP contribution is -2.34. The van der Waals surface area contributed by atoms with Crippen molar-refractivity contribution in [3.05, 3.63) is 24.3 Å². The standard InChI is InChI=1S/C57H110NO9P/c1-3-5-7-9-11-13-15-17-19-21-23-25-27-29-31-33-35-37-39-41-43-45-47-49-56(59)67-54(52-65-68(62,63)66-53-55(58)57(60)61)51-64-50-48-46-44-42-40-38-36-34-32-30-28-26-24-22-20-18-16-14-12-10-8-6-4-2/h15,17,21,23,54-55H,3-14,16,18-20,22,24-53,58H2,1-2H3,(H,60,61)(H,62,63)/b17-15-,23-21-. The van der Waals surface area contributed by atoms with Crippen LogP contribution >= 0.6 is 7.82 Å². The fourth-order valence-corrected chi connectivity index (χ4v) is 9.30. The van der Waals surface area contributed by atoms with E-state index < -0.39 is 45.1 Å². The number of ether oxygens (including phenoxy) is 2. The summed E-state index contributed by atoms with van der Waals surface area (Å²) < 4.78 is 33.6. The lowest BCUT2D eigenvalue weighted by Gasteiger charge is -2.20. The van der Waals surface area contributed by atoms with E-state index in [2.05, 4.69) is 38.2 Å². The molecule has 0 spiro atoms. The molecule has 11 heteroatoms. The van der Waals surface area contributed by atoms with Crippen LogP contribution in [0.3, 0.4) is 0 Å². The fourth-order valence-electron chi connectivity index (χ4n) is 8.52. The van der Waals surface area contributed by atoms with Gasteiger partial charge in [0.15, 0.2) is 0 Å². The molecular formula is C57H110NO9P. The molecule has 10 nitrogen and oxygen atoms in total. The minimum atomic E-state index is -4.62. The van der Waals surface area contributed by atoms with Crippen LogP contribution in [0.1, 0.15) is 290 Å². The Hall–Kier alpha value is -1.55. The second-order valence-electron chi connectivity index (χ2n) is 19.8. The van der Waals surface area contributed by atoms with E-state index in [1.165, 1.54) is 218 Å². The van der Waals surface area contributed by atoms with Crippen LogP contribution in [0.25, 0.3) is 0 Å². The fraction of sp³-hybridized carbons (Fsp3) is 0.895. The van der Waals surface area contributed by atoms with Gasteiger partial charge in [-0.1, -0.05) is 263 Å². The molecule has 0 saturated heterocycles. The monoisotopic (exact) mass is 984 g/mol. The van der Waals surface area contributed by atoms with Crippen molar-refractivity contribution >= 4 is 19.8 Å². The van der Waals surface area contributed by atoms with E-state index in [0.29, 0.717) is 13.0 Å². The van der Waals surface area contributed by atoms with Gasteiger partial charge in [-0.2, -0.15) is 0 Å². The van der Waals surface area contributed by atoms with Gasteiger partial charge in [0.05, 0.1) is 19.8 Å². The number of rotatable bonds is 56. The van der Waals surface area contributed by atoms with Gasteiger partial charge in [-0.3, -0.25) is 18.6 Å². The van der Waals surface area contributed by atoms with E-state index in [-0.39, 0.29) is 13.0 Å². The number of esters is 1.